The second-order valence-corrected chi connectivity index (χ2v) is 7.59. The Balaban J connectivity index is 4.26. The fourth-order valence-electron chi connectivity index (χ4n) is 2.47. The van der Waals surface area contributed by atoms with Crippen LogP contribution in [0, 0.1) is 0 Å². The van der Waals surface area contributed by atoms with Gasteiger partial charge in [-0.25, -0.2) is 0 Å². The van der Waals surface area contributed by atoms with Gasteiger partial charge in [0.2, 0.25) is 0 Å². The molecular formula is C20H35NO5. The van der Waals surface area contributed by atoms with Crippen molar-refractivity contribution in [3.63, 3.8) is 0 Å². The zero-order valence-electron chi connectivity index (χ0n) is 16.6. The van der Waals surface area contributed by atoms with Gasteiger partial charge in [-0.3, -0.25) is 4.79 Å². The average Bonchev–Trinajstić information content (AvgIpc) is 2.47. The molecule has 150 valence electrons. The molecule has 0 saturated heterocycles. The van der Waals surface area contributed by atoms with Gasteiger partial charge in [0.15, 0.2) is 6.10 Å². The molecule has 0 aromatic rings. The van der Waals surface area contributed by atoms with Gasteiger partial charge in [-0.15, -0.1) is 0 Å². The zero-order valence-corrected chi connectivity index (χ0v) is 16.6. The highest BCUT2D eigenvalue weighted by Crippen LogP contribution is 2.08. The quantitative estimate of drug-likeness (QED) is 0.217. The van der Waals surface area contributed by atoms with E-state index in [-0.39, 0.29) is 12.8 Å². The molecule has 0 amide bonds. The van der Waals surface area contributed by atoms with Crippen LogP contribution in [0.5, 0.6) is 0 Å². The molecule has 2 atom stereocenters. The van der Waals surface area contributed by atoms with Crippen LogP contribution in [0.15, 0.2) is 24.3 Å². The predicted octanol–water partition coefficient (Wildman–Crippen LogP) is 1.58. The van der Waals surface area contributed by atoms with Gasteiger partial charge in [0.05, 0.1) is 33.7 Å². The van der Waals surface area contributed by atoms with Gasteiger partial charge < -0.3 is 24.2 Å². The van der Waals surface area contributed by atoms with Crippen LogP contribution in [0.25, 0.3) is 0 Å². The molecule has 0 heterocycles. The highest BCUT2D eigenvalue weighted by molar-refractivity contribution is 5.71. The van der Waals surface area contributed by atoms with Gasteiger partial charge in [0.1, 0.15) is 6.54 Å². The smallest absolute Gasteiger partial charge is 0.309 e. The Hall–Kier alpha value is -1.66. The van der Waals surface area contributed by atoms with E-state index in [9.17, 15) is 19.8 Å². The van der Waals surface area contributed by atoms with Gasteiger partial charge in [0.25, 0.3) is 0 Å². The summed E-state index contributed by atoms with van der Waals surface area (Å²) in [5, 5.41) is 20.7. The Morgan fingerprint density at radius 3 is 2.38 bits per heavy atom. The first-order valence-electron chi connectivity index (χ1n) is 9.35. The third-order valence-corrected chi connectivity index (χ3v) is 3.62. The molecule has 0 bridgehead atoms. The van der Waals surface area contributed by atoms with Crippen molar-refractivity contribution >= 4 is 11.9 Å². The monoisotopic (exact) mass is 369 g/mol. The molecule has 1 N–H and O–H groups in total. The van der Waals surface area contributed by atoms with E-state index in [1.54, 1.807) is 6.08 Å². The number of esters is 1. The largest absolute Gasteiger partial charge is 0.550 e. The van der Waals surface area contributed by atoms with E-state index in [1.165, 1.54) is 25.3 Å². The summed E-state index contributed by atoms with van der Waals surface area (Å²) in [4.78, 5) is 22.7. The number of carboxylic acids is 1. The number of carboxylic acid groups (broad SMARTS) is 1. The molecule has 0 spiro atoms. The second kappa shape index (κ2) is 13.5. The van der Waals surface area contributed by atoms with Crippen LogP contribution in [-0.2, 0) is 14.3 Å². The van der Waals surface area contributed by atoms with E-state index in [0.717, 1.165) is 12.8 Å². The number of hydrogen-bond acceptors (Lipinski definition) is 5. The van der Waals surface area contributed by atoms with E-state index >= 15 is 0 Å². The van der Waals surface area contributed by atoms with Crippen molar-refractivity contribution in [1.29, 1.82) is 0 Å². The van der Waals surface area contributed by atoms with Crippen molar-refractivity contribution in [2.75, 3.05) is 27.7 Å². The molecule has 0 radical (unpaired) electrons. The molecule has 0 saturated carbocycles. The van der Waals surface area contributed by atoms with Crippen molar-refractivity contribution in [2.45, 2.75) is 64.1 Å². The summed E-state index contributed by atoms with van der Waals surface area (Å²) >= 11 is 0. The number of quaternary nitrogens is 1. The molecule has 0 aliphatic carbocycles. The summed E-state index contributed by atoms with van der Waals surface area (Å²) in [6, 6.07) is 0. The van der Waals surface area contributed by atoms with Crippen molar-refractivity contribution in [3.05, 3.63) is 24.3 Å². The first-order chi connectivity index (χ1) is 12.1. The Morgan fingerprint density at radius 1 is 1.12 bits per heavy atom. The Kier molecular flexibility index (Phi) is 12.7. The zero-order chi connectivity index (χ0) is 20.0. The fraction of sp³-hybridized carbons (Fsp3) is 0.700. The van der Waals surface area contributed by atoms with E-state index < -0.39 is 24.1 Å². The van der Waals surface area contributed by atoms with E-state index in [4.69, 9.17) is 4.74 Å². The number of rotatable bonds is 14. The summed E-state index contributed by atoms with van der Waals surface area (Å²) in [6.45, 7) is 2.53. The number of aliphatic hydroxyl groups excluding tert-OH is 1. The Bertz CT molecular complexity index is 465. The minimum Gasteiger partial charge on any atom is -0.550 e. The van der Waals surface area contributed by atoms with Crippen LogP contribution in [0.2, 0.25) is 0 Å². The van der Waals surface area contributed by atoms with Crippen LogP contribution in [-0.4, -0.2) is 61.4 Å². The van der Waals surface area contributed by atoms with Crippen LogP contribution >= 0.6 is 0 Å². The normalized spacial score (nSPS) is 14.7. The maximum Gasteiger partial charge on any atom is 0.309 e. The van der Waals surface area contributed by atoms with Crippen LogP contribution in [0.1, 0.15) is 51.9 Å². The fourth-order valence-corrected chi connectivity index (χ4v) is 2.47. The summed E-state index contributed by atoms with van der Waals surface area (Å²) in [6.07, 6.45) is 10.7. The van der Waals surface area contributed by atoms with Gasteiger partial charge >= 0.3 is 5.97 Å². The molecule has 6 nitrogen and oxygen atoms in total. The number of carbonyl (C=O) groups excluding carboxylic acids is 2. The topological polar surface area (TPSA) is 86.7 Å². The lowest BCUT2D eigenvalue weighted by molar-refractivity contribution is -0.873. The maximum atomic E-state index is 11.9. The van der Waals surface area contributed by atoms with E-state index in [2.05, 4.69) is 6.92 Å². The Labute approximate surface area is 157 Å². The summed E-state index contributed by atoms with van der Waals surface area (Å²) in [5.74, 6) is -1.88. The number of hydrogen-bond donors (Lipinski definition) is 1. The number of carbonyl (C=O) groups is 2. The van der Waals surface area contributed by atoms with Crippen molar-refractivity contribution < 1.29 is 29.0 Å². The lowest BCUT2D eigenvalue weighted by Gasteiger charge is -2.29. The standard InChI is InChI=1S/C20H35NO5/c1-5-6-7-8-9-10-11-12-13-17(22)14-20(25)26-18(15-19(23)24)16-21(2,3)4/h10-13,17-18,22H,5-9,14-16H2,1-4H3/b11-10+,13-12+. The first kappa shape index (κ1) is 24.3. The molecule has 26 heavy (non-hydrogen) atoms. The highest BCUT2D eigenvalue weighted by atomic mass is 16.5. The van der Waals surface area contributed by atoms with Gasteiger partial charge in [-0.2, -0.15) is 0 Å². The number of aliphatic hydroxyl groups is 1. The summed E-state index contributed by atoms with van der Waals surface area (Å²) < 4.78 is 5.66. The molecule has 0 aliphatic rings. The number of nitrogens with zero attached hydrogens (tertiary/aromatic N) is 1. The molecule has 0 aromatic carbocycles. The van der Waals surface area contributed by atoms with Crippen molar-refractivity contribution in [2.24, 2.45) is 0 Å². The molecule has 0 aromatic heterocycles. The van der Waals surface area contributed by atoms with Crippen LogP contribution < -0.4 is 5.11 Å². The molecule has 0 rings (SSSR count). The predicted molar refractivity (Wildman–Crippen MR) is 100 cm³/mol. The minimum atomic E-state index is -1.26. The van der Waals surface area contributed by atoms with Gasteiger partial charge in [-0.05, 0) is 12.8 Å². The number of aliphatic carboxylic acids is 1. The van der Waals surface area contributed by atoms with Gasteiger partial charge in [0, 0.05) is 12.4 Å². The lowest BCUT2D eigenvalue weighted by atomic mass is 10.1. The summed E-state index contributed by atoms with van der Waals surface area (Å²) in [5.41, 5.74) is 0. The number of allylic oxidation sites excluding steroid dienone is 3. The van der Waals surface area contributed by atoms with Crippen molar-refractivity contribution in [3.8, 4) is 0 Å². The van der Waals surface area contributed by atoms with Crippen molar-refractivity contribution in [1.82, 2.24) is 0 Å². The summed E-state index contributed by atoms with van der Waals surface area (Å²) in [7, 11) is 5.63. The molecular weight excluding hydrogens is 334 g/mol. The first-order valence-corrected chi connectivity index (χ1v) is 9.35. The highest BCUT2D eigenvalue weighted by Gasteiger charge is 2.23. The van der Waals surface area contributed by atoms with Gasteiger partial charge in [-0.1, -0.05) is 50.5 Å². The lowest BCUT2D eigenvalue weighted by Crippen LogP contribution is -2.45. The number of likely N-dealkylation sites (N-methyl/N-ethyl adjacent to an activating group) is 1. The van der Waals surface area contributed by atoms with E-state index in [1.807, 2.05) is 33.3 Å². The second-order valence-electron chi connectivity index (χ2n) is 7.59. The maximum absolute atomic E-state index is 11.9. The van der Waals surface area contributed by atoms with E-state index in [0.29, 0.717) is 11.0 Å². The molecule has 6 heteroatoms. The third kappa shape index (κ3) is 15.8. The number of ether oxygens (including phenoxy) is 1. The van der Waals surface area contributed by atoms with Crippen LogP contribution in [0.4, 0.5) is 0 Å². The van der Waals surface area contributed by atoms with Crippen LogP contribution in [0.3, 0.4) is 0 Å². The third-order valence-electron chi connectivity index (χ3n) is 3.62. The molecule has 2 unspecified atom stereocenters. The Morgan fingerprint density at radius 2 is 1.81 bits per heavy atom. The SMILES string of the molecule is CCCCCC/C=C/C=C/C(O)CC(=O)OC(CC(=O)[O-])C[N+](C)(C)C. The number of unbranched alkanes of at least 4 members (excludes halogenated alkanes) is 4. The average molecular weight is 370 g/mol. The minimum absolute atomic E-state index is 0.207. The molecule has 0 aliphatic heterocycles. The molecule has 0 fully saturated rings.